The molecule has 1 amide bonds. The van der Waals surface area contributed by atoms with Crippen molar-refractivity contribution in [3.05, 3.63) is 62.9 Å². The van der Waals surface area contributed by atoms with Gasteiger partial charge in [0.1, 0.15) is 5.75 Å². The topological polar surface area (TPSA) is 86.9 Å². The number of fused-ring (bicyclic) bond motifs is 1. The molecule has 0 saturated heterocycles. The number of amides is 1. The van der Waals surface area contributed by atoms with E-state index in [-0.39, 0.29) is 30.5 Å². The summed E-state index contributed by atoms with van der Waals surface area (Å²) in [5.74, 6) is -0.0308. The van der Waals surface area contributed by atoms with Gasteiger partial charge < -0.3 is 15.5 Å². The molecule has 6 nitrogen and oxygen atoms in total. The van der Waals surface area contributed by atoms with Gasteiger partial charge in [-0.1, -0.05) is 18.2 Å². The first kappa shape index (κ1) is 19.1. The third-order valence-corrected chi connectivity index (χ3v) is 5.84. The van der Waals surface area contributed by atoms with E-state index in [0.717, 1.165) is 16.8 Å². The molecule has 29 heavy (non-hydrogen) atoms. The van der Waals surface area contributed by atoms with Gasteiger partial charge in [-0.05, 0) is 48.6 Å². The number of hydrogen-bond acceptors (Lipinski definition) is 6. The molecule has 4 rings (SSSR count). The summed E-state index contributed by atoms with van der Waals surface area (Å²) in [5, 5.41) is 22.7. The number of carbonyl (C=O) groups excluding carboxylic acids is 1. The van der Waals surface area contributed by atoms with Crippen LogP contribution < -0.4 is 5.32 Å². The zero-order valence-corrected chi connectivity index (χ0v) is 16.8. The van der Waals surface area contributed by atoms with Crippen LogP contribution in [0.25, 0.3) is 11.6 Å². The van der Waals surface area contributed by atoms with Gasteiger partial charge in [0.05, 0.1) is 10.6 Å². The second-order valence-corrected chi connectivity index (χ2v) is 8.10. The summed E-state index contributed by atoms with van der Waals surface area (Å²) in [6, 6.07) is 14.0. The minimum Gasteiger partial charge on any atom is -0.508 e. The summed E-state index contributed by atoms with van der Waals surface area (Å²) in [6.07, 6.45) is 3.78. The Morgan fingerprint density at radius 2 is 1.93 bits per heavy atom. The number of aliphatic imine (C=N–C) groups is 1. The third-order valence-electron chi connectivity index (χ3n) is 4.45. The van der Waals surface area contributed by atoms with Gasteiger partial charge in [-0.15, -0.1) is 11.3 Å². The van der Waals surface area contributed by atoms with Crippen LogP contribution in [0.15, 0.2) is 53.5 Å². The molecule has 0 bridgehead atoms. The molecule has 1 aromatic heterocycles. The number of aromatic hydroxyl groups is 2. The van der Waals surface area contributed by atoms with Crippen molar-refractivity contribution in [2.45, 2.75) is 13.0 Å². The molecular formula is C21H17N3O3S2. The highest BCUT2D eigenvalue weighted by Gasteiger charge is 2.16. The van der Waals surface area contributed by atoms with Gasteiger partial charge in [-0.2, -0.15) is 0 Å². The van der Waals surface area contributed by atoms with E-state index in [9.17, 15) is 15.0 Å². The highest BCUT2D eigenvalue weighted by Crippen LogP contribution is 2.35. The molecule has 0 unspecified atom stereocenters. The van der Waals surface area contributed by atoms with Crippen molar-refractivity contribution >= 4 is 58.7 Å². The van der Waals surface area contributed by atoms with Crippen molar-refractivity contribution in [3.63, 3.8) is 0 Å². The zero-order chi connectivity index (χ0) is 20.4. The monoisotopic (exact) mass is 423 g/mol. The van der Waals surface area contributed by atoms with Gasteiger partial charge in [-0.25, -0.2) is 0 Å². The summed E-state index contributed by atoms with van der Waals surface area (Å²) in [4.78, 5) is 17.2. The lowest BCUT2D eigenvalue weighted by Crippen LogP contribution is -2.14. The molecule has 1 aliphatic rings. The number of para-hydroxylation sites is 1. The number of rotatable bonds is 5. The maximum atomic E-state index is 12.2. The fourth-order valence-electron chi connectivity index (χ4n) is 2.98. The second kappa shape index (κ2) is 8.02. The Labute approximate surface area is 176 Å². The quantitative estimate of drug-likeness (QED) is 0.399. The van der Waals surface area contributed by atoms with Crippen LogP contribution in [0.5, 0.6) is 11.6 Å². The molecule has 8 heteroatoms. The predicted molar refractivity (Wildman–Crippen MR) is 119 cm³/mol. The van der Waals surface area contributed by atoms with E-state index in [2.05, 4.69) is 10.3 Å². The minimum atomic E-state index is -0.208. The maximum Gasteiger partial charge on any atom is 0.226 e. The van der Waals surface area contributed by atoms with Gasteiger partial charge in [0, 0.05) is 36.0 Å². The van der Waals surface area contributed by atoms with Crippen LogP contribution in [-0.4, -0.2) is 26.9 Å². The molecule has 0 fully saturated rings. The van der Waals surface area contributed by atoms with E-state index in [4.69, 9.17) is 12.2 Å². The van der Waals surface area contributed by atoms with E-state index < -0.39 is 0 Å². The lowest BCUT2D eigenvalue weighted by molar-refractivity contribution is -0.116. The van der Waals surface area contributed by atoms with Crippen molar-refractivity contribution in [1.82, 2.24) is 4.57 Å². The SMILES string of the molecule is O=C(CCn1c(O)c(/C=C2\C=Nc3ccccc32)sc1=S)Nc1ccc(O)cc1. The number of phenols is 1. The lowest BCUT2D eigenvalue weighted by atomic mass is 10.1. The summed E-state index contributed by atoms with van der Waals surface area (Å²) in [6.45, 7) is 0.263. The van der Waals surface area contributed by atoms with Crippen LogP contribution in [0.1, 0.15) is 16.9 Å². The van der Waals surface area contributed by atoms with Crippen LogP contribution in [0.2, 0.25) is 0 Å². The van der Waals surface area contributed by atoms with Gasteiger partial charge in [0.15, 0.2) is 3.95 Å². The largest absolute Gasteiger partial charge is 0.508 e. The van der Waals surface area contributed by atoms with E-state index in [1.54, 1.807) is 22.9 Å². The molecule has 1 aliphatic heterocycles. The fraction of sp³-hybridized carbons (Fsp3) is 0.0952. The number of hydrogen-bond donors (Lipinski definition) is 3. The number of thiazole rings is 1. The van der Waals surface area contributed by atoms with Crippen molar-refractivity contribution < 1.29 is 15.0 Å². The Balaban J connectivity index is 1.47. The molecule has 3 aromatic rings. The molecule has 146 valence electrons. The summed E-state index contributed by atoms with van der Waals surface area (Å²) in [7, 11) is 0. The standard InChI is InChI=1S/C21H17N3O3S2/c25-15-7-5-14(6-8-15)23-19(26)9-10-24-20(27)18(29-21(24)28)11-13-12-22-17-4-2-1-3-16(13)17/h1-8,11-12,25,27H,9-10H2,(H,23,26)/b13-11+. The summed E-state index contributed by atoms with van der Waals surface area (Å²) in [5.41, 5.74) is 3.40. The van der Waals surface area contributed by atoms with Crippen LogP contribution in [0, 0.1) is 3.95 Å². The Morgan fingerprint density at radius 1 is 1.17 bits per heavy atom. The Hall–Kier alpha value is -3.23. The number of aromatic nitrogens is 1. The van der Waals surface area contributed by atoms with Crippen molar-refractivity contribution in [3.8, 4) is 11.6 Å². The average Bonchev–Trinajstić information content (AvgIpc) is 3.23. The summed E-state index contributed by atoms with van der Waals surface area (Å²) >= 11 is 6.66. The van der Waals surface area contributed by atoms with E-state index in [0.29, 0.717) is 14.5 Å². The predicted octanol–water partition coefficient (Wildman–Crippen LogP) is 4.98. The number of phenolic OH excluding ortho intramolecular Hbond substituents is 1. The van der Waals surface area contributed by atoms with Crippen molar-refractivity contribution in [1.29, 1.82) is 0 Å². The minimum absolute atomic E-state index is 0.0442. The van der Waals surface area contributed by atoms with Gasteiger partial charge in [0.2, 0.25) is 11.8 Å². The summed E-state index contributed by atoms with van der Waals surface area (Å²) < 4.78 is 2.05. The van der Waals surface area contributed by atoms with Crippen LogP contribution in [0.4, 0.5) is 11.4 Å². The third kappa shape index (κ3) is 4.13. The van der Waals surface area contributed by atoms with Gasteiger partial charge in [0.25, 0.3) is 0 Å². The first-order valence-corrected chi connectivity index (χ1v) is 10.1. The number of benzene rings is 2. The normalized spacial score (nSPS) is 13.6. The van der Waals surface area contributed by atoms with E-state index in [1.165, 1.54) is 23.5 Å². The molecular weight excluding hydrogens is 406 g/mol. The molecule has 3 N–H and O–H groups in total. The second-order valence-electron chi connectivity index (χ2n) is 6.43. The van der Waals surface area contributed by atoms with Crippen molar-refractivity contribution in [2.24, 2.45) is 4.99 Å². The zero-order valence-electron chi connectivity index (χ0n) is 15.2. The van der Waals surface area contributed by atoms with Crippen molar-refractivity contribution in [2.75, 3.05) is 5.32 Å². The number of nitrogens with one attached hydrogen (secondary N) is 1. The molecule has 0 atom stereocenters. The van der Waals surface area contributed by atoms with Crippen LogP contribution >= 0.6 is 23.6 Å². The Kier molecular flexibility index (Phi) is 5.28. The number of nitrogens with zero attached hydrogens (tertiary/aromatic N) is 2. The molecule has 2 heterocycles. The number of anilines is 1. The number of carbonyl (C=O) groups is 1. The average molecular weight is 424 g/mol. The Bertz CT molecular complexity index is 1190. The highest BCUT2D eigenvalue weighted by molar-refractivity contribution is 7.73. The molecule has 0 spiro atoms. The van der Waals surface area contributed by atoms with Crippen LogP contribution in [-0.2, 0) is 11.3 Å². The van der Waals surface area contributed by atoms with E-state index >= 15 is 0 Å². The molecule has 0 aliphatic carbocycles. The smallest absolute Gasteiger partial charge is 0.226 e. The molecule has 0 radical (unpaired) electrons. The first-order chi connectivity index (χ1) is 14.0. The fourth-order valence-corrected chi connectivity index (χ4v) is 4.29. The van der Waals surface area contributed by atoms with E-state index in [1.807, 2.05) is 30.3 Å². The highest BCUT2D eigenvalue weighted by atomic mass is 32.1. The van der Waals surface area contributed by atoms with Gasteiger partial charge >= 0.3 is 0 Å². The first-order valence-electron chi connectivity index (χ1n) is 8.88. The molecule has 2 aromatic carbocycles. The van der Waals surface area contributed by atoms with Crippen LogP contribution in [0.3, 0.4) is 0 Å². The lowest BCUT2D eigenvalue weighted by Gasteiger charge is -2.07. The Morgan fingerprint density at radius 3 is 2.72 bits per heavy atom. The molecule has 0 saturated carbocycles. The number of allylic oxidation sites excluding steroid dienone is 1. The van der Waals surface area contributed by atoms with Gasteiger partial charge in [-0.3, -0.25) is 14.4 Å². The maximum absolute atomic E-state index is 12.2.